The second-order valence-electron chi connectivity index (χ2n) is 4.38. The van der Waals surface area contributed by atoms with Gasteiger partial charge in [0.15, 0.2) is 11.6 Å². The van der Waals surface area contributed by atoms with Gasteiger partial charge in [0.1, 0.15) is 11.5 Å². The highest BCUT2D eigenvalue weighted by atomic mass is 16.3. The summed E-state index contributed by atoms with van der Waals surface area (Å²) in [5, 5.41) is 19.8. The van der Waals surface area contributed by atoms with Gasteiger partial charge in [-0.25, -0.2) is 4.98 Å². The molecule has 0 saturated heterocycles. The molecule has 21 heavy (non-hydrogen) atoms. The monoisotopic (exact) mass is 280 g/mol. The molecule has 0 atom stereocenters. The topological polar surface area (TPSA) is 105 Å². The number of rotatable bonds is 2. The quantitative estimate of drug-likeness (QED) is 0.664. The molecule has 0 bridgehead atoms. The number of nitrogens with two attached hydrogens (primary N) is 1. The van der Waals surface area contributed by atoms with Gasteiger partial charge in [0.05, 0.1) is 11.1 Å². The SMILES string of the molecule is Nc1nc(-c2ccccc2O)nc(-c2ccccc2O)n1. The molecule has 0 radical (unpaired) electrons. The molecular weight excluding hydrogens is 268 g/mol. The first kappa shape index (κ1) is 12.9. The summed E-state index contributed by atoms with van der Waals surface area (Å²) in [7, 11) is 0. The first-order valence-electron chi connectivity index (χ1n) is 6.23. The maximum absolute atomic E-state index is 9.88. The lowest BCUT2D eigenvalue weighted by molar-refractivity contribution is 0.477. The number of nitrogen functional groups attached to an aromatic ring is 1. The van der Waals surface area contributed by atoms with Crippen LogP contribution in [0.25, 0.3) is 22.8 Å². The van der Waals surface area contributed by atoms with Crippen LogP contribution in [0.5, 0.6) is 11.5 Å². The fourth-order valence-electron chi connectivity index (χ4n) is 1.96. The van der Waals surface area contributed by atoms with Gasteiger partial charge < -0.3 is 15.9 Å². The van der Waals surface area contributed by atoms with Gasteiger partial charge in [-0.05, 0) is 24.3 Å². The minimum atomic E-state index is 0.0153. The van der Waals surface area contributed by atoms with E-state index in [1.165, 1.54) is 12.1 Å². The Morgan fingerprint density at radius 3 is 1.52 bits per heavy atom. The van der Waals surface area contributed by atoms with Crippen molar-refractivity contribution in [3.8, 4) is 34.3 Å². The van der Waals surface area contributed by atoms with E-state index >= 15 is 0 Å². The van der Waals surface area contributed by atoms with Crippen LogP contribution >= 0.6 is 0 Å². The summed E-state index contributed by atoms with van der Waals surface area (Å²) in [6.07, 6.45) is 0. The van der Waals surface area contributed by atoms with Crippen LogP contribution in [0.1, 0.15) is 0 Å². The lowest BCUT2D eigenvalue weighted by Gasteiger charge is -2.07. The molecule has 3 aromatic rings. The van der Waals surface area contributed by atoms with Crippen molar-refractivity contribution in [3.63, 3.8) is 0 Å². The number of phenols is 2. The van der Waals surface area contributed by atoms with Gasteiger partial charge >= 0.3 is 0 Å². The smallest absolute Gasteiger partial charge is 0.224 e. The van der Waals surface area contributed by atoms with Crippen LogP contribution in [0.3, 0.4) is 0 Å². The van der Waals surface area contributed by atoms with E-state index in [2.05, 4.69) is 15.0 Å². The summed E-state index contributed by atoms with van der Waals surface area (Å²) in [5.74, 6) is 0.608. The molecule has 0 aliphatic heterocycles. The van der Waals surface area contributed by atoms with Crippen molar-refractivity contribution in [1.82, 2.24) is 15.0 Å². The maximum Gasteiger partial charge on any atom is 0.224 e. The number of para-hydroxylation sites is 2. The van der Waals surface area contributed by atoms with E-state index in [1.807, 2.05) is 0 Å². The molecule has 0 amide bonds. The first-order chi connectivity index (χ1) is 10.1. The number of benzene rings is 2. The summed E-state index contributed by atoms with van der Waals surface area (Å²) in [6.45, 7) is 0. The van der Waals surface area contributed by atoms with Crippen molar-refractivity contribution in [2.24, 2.45) is 0 Å². The third-order valence-corrected chi connectivity index (χ3v) is 2.94. The van der Waals surface area contributed by atoms with Crippen LogP contribution in [-0.4, -0.2) is 25.2 Å². The Kier molecular flexibility index (Phi) is 3.12. The number of phenolic OH excluding ortho intramolecular Hbond substituents is 2. The number of hydrogen-bond acceptors (Lipinski definition) is 6. The highest BCUT2D eigenvalue weighted by Crippen LogP contribution is 2.30. The van der Waals surface area contributed by atoms with Crippen LogP contribution in [-0.2, 0) is 0 Å². The van der Waals surface area contributed by atoms with Gasteiger partial charge in [-0.3, -0.25) is 0 Å². The van der Waals surface area contributed by atoms with E-state index in [-0.39, 0.29) is 29.1 Å². The number of anilines is 1. The number of hydrogen-bond donors (Lipinski definition) is 3. The maximum atomic E-state index is 9.88. The van der Waals surface area contributed by atoms with Crippen molar-refractivity contribution in [2.45, 2.75) is 0 Å². The summed E-state index contributed by atoms with van der Waals surface area (Å²) >= 11 is 0. The van der Waals surface area contributed by atoms with Crippen LogP contribution in [0, 0.1) is 0 Å². The van der Waals surface area contributed by atoms with Gasteiger partial charge in [0, 0.05) is 0 Å². The van der Waals surface area contributed by atoms with Crippen LogP contribution in [0.15, 0.2) is 48.5 Å². The van der Waals surface area contributed by atoms with Gasteiger partial charge in [-0.1, -0.05) is 24.3 Å². The van der Waals surface area contributed by atoms with E-state index < -0.39 is 0 Å². The van der Waals surface area contributed by atoms with Gasteiger partial charge in [-0.2, -0.15) is 9.97 Å². The molecule has 0 spiro atoms. The van der Waals surface area contributed by atoms with Crippen LogP contribution in [0.4, 0.5) is 5.95 Å². The first-order valence-corrected chi connectivity index (χ1v) is 6.23. The molecule has 6 heteroatoms. The largest absolute Gasteiger partial charge is 0.507 e. The summed E-state index contributed by atoms with van der Waals surface area (Å²) in [4.78, 5) is 12.3. The Bertz CT molecular complexity index is 741. The van der Waals surface area contributed by atoms with E-state index in [0.717, 1.165) is 0 Å². The lowest BCUT2D eigenvalue weighted by Crippen LogP contribution is -2.02. The molecule has 2 aromatic carbocycles. The zero-order valence-electron chi connectivity index (χ0n) is 10.9. The summed E-state index contributed by atoms with van der Waals surface area (Å²) in [6, 6.07) is 13.4. The van der Waals surface area contributed by atoms with Crippen LogP contribution < -0.4 is 5.73 Å². The predicted molar refractivity (Wildman–Crippen MR) is 78.4 cm³/mol. The molecule has 0 saturated carbocycles. The molecule has 6 nitrogen and oxygen atoms in total. The Balaban J connectivity index is 2.18. The average molecular weight is 280 g/mol. The Morgan fingerprint density at radius 2 is 1.10 bits per heavy atom. The molecule has 0 fully saturated rings. The molecule has 4 N–H and O–H groups in total. The average Bonchev–Trinajstić information content (AvgIpc) is 2.47. The van der Waals surface area contributed by atoms with Crippen molar-refractivity contribution in [1.29, 1.82) is 0 Å². The fourth-order valence-corrected chi connectivity index (χ4v) is 1.96. The molecule has 0 unspecified atom stereocenters. The molecule has 0 aliphatic rings. The summed E-state index contributed by atoms with van der Waals surface area (Å²) in [5.41, 5.74) is 6.60. The zero-order valence-corrected chi connectivity index (χ0v) is 10.9. The lowest BCUT2D eigenvalue weighted by atomic mass is 10.1. The van der Waals surface area contributed by atoms with Crippen molar-refractivity contribution in [2.75, 3.05) is 5.73 Å². The highest BCUT2D eigenvalue weighted by Gasteiger charge is 2.13. The number of aromatic nitrogens is 3. The molecule has 104 valence electrons. The zero-order chi connectivity index (χ0) is 14.8. The van der Waals surface area contributed by atoms with Crippen LogP contribution in [0.2, 0.25) is 0 Å². The standard InChI is InChI=1S/C15H12N4O2/c16-15-18-13(9-5-1-3-7-11(9)20)17-14(19-15)10-6-2-4-8-12(10)21/h1-8,20-21H,(H2,16,17,18,19). The Labute approximate surface area is 120 Å². The summed E-state index contributed by atoms with van der Waals surface area (Å²) < 4.78 is 0. The number of nitrogens with zero attached hydrogens (tertiary/aromatic N) is 3. The fraction of sp³-hybridized carbons (Fsp3) is 0. The van der Waals surface area contributed by atoms with Crippen molar-refractivity contribution >= 4 is 5.95 Å². The second-order valence-corrected chi connectivity index (χ2v) is 4.38. The van der Waals surface area contributed by atoms with Gasteiger partial charge in [0.2, 0.25) is 5.95 Å². The molecule has 1 heterocycles. The molecule has 3 rings (SSSR count). The third kappa shape index (κ3) is 2.46. The highest BCUT2D eigenvalue weighted by molar-refractivity contribution is 5.69. The number of aromatic hydroxyl groups is 2. The van der Waals surface area contributed by atoms with E-state index in [1.54, 1.807) is 36.4 Å². The van der Waals surface area contributed by atoms with Gasteiger partial charge in [0.25, 0.3) is 0 Å². The van der Waals surface area contributed by atoms with E-state index in [9.17, 15) is 10.2 Å². The molecule has 0 aliphatic carbocycles. The van der Waals surface area contributed by atoms with Crippen molar-refractivity contribution in [3.05, 3.63) is 48.5 Å². The Hall–Kier alpha value is -3.15. The normalized spacial score (nSPS) is 10.5. The molecular formula is C15H12N4O2. The Morgan fingerprint density at radius 1 is 0.667 bits per heavy atom. The second kappa shape index (κ2) is 5.09. The van der Waals surface area contributed by atoms with Crippen molar-refractivity contribution < 1.29 is 10.2 Å². The van der Waals surface area contributed by atoms with E-state index in [4.69, 9.17) is 5.73 Å². The van der Waals surface area contributed by atoms with Gasteiger partial charge in [-0.15, -0.1) is 0 Å². The van der Waals surface area contributed by atoms with E-state index in [0.29, 0.717) is 11.1 Å². The minimum Gasteiger partial charge on any atom is -0.507 e. The predicted octanol–water partition coefficient (Wildman–Crippen LogP) is 2.20. The minimum absolute atomic E-state index is 0.0153. The molecule has 1 aromatic heterocycles. The third-order valence-electron chi connectivity index (χ3n) is 2.94.